The van der Waals surface area contributed by atoms with Crippen molar-refractivity contribution in [1.29, 1.82) is 0 Å². The number of ether oxygens (including phenoxy) is 1. The van der Waals surface area contributed by atoms with Crippen LogP contribution in [0.15, 0.2) is 41.3 Å². The average Bonchev–Trinajstić information content (AvgIpc) is 2.55. The Bertz CT molecular complexity index is 882. The highest BCUT2D eigenvalue weighted by atomic mass is 35.5. The summed E-state index contributed by atoms with van der Waals surface area (Å²) in [5, 5.41) is 0.331. The summed E-state index contributed by atoms with van der Waals surface area (Å²) < 4.78 is 29.6. The van der Waals surface area contributed by atoms with Crippen LogP contribution in [0.3, 0.4) is 0 Å². The molecule has 8 heteroatoms. The van der Waals surface area contributed by atoms with Crippen LogP contribution in [0.4, 0.5) is 0 Å². The van der Waals surface area contributed by atoms with E-state index in [1.165, 1.54) is 31.4 Å². The normalized spacial score (nSPS) is 11.2. The minimum absolute atomic E-state index is 0.0592. The summed E-state index contributed by atoms with van der Waals surface area (Å²) in [6.07, 6.45) is 0. The zero-order chi connectivity index (χ0) is 17.9. The molecule has 2 aromatic carbocycles. The zero-order valence-corrected chi connectivity index (χ0v) is 15.0. The smallest absolute Gasteiger partial charge is 0.270 e. The van der Waals surface area contributed by atoms with Gasteiger partial charge in [-0.2, -0.15) is 0 Å². The van der Waals surface area contributed by atoms with Gasteiger partial charge in [-0.25, -0.2) is 8.42 Å². The van der Waals surface area contributed by atoms with Gasteiger partial charge in [0, 0.05) is 5.02 Å². The fourth-order valence-corrected chi connectivity index (χ4v) is 3.07. The molecule has 0 spiro atoms. The van der Waals surface area contributed by atoms with Crippen molar-refractivity contribution in [2.24, 2.45) is 0 Å². The van der Waals surface area contributed by atoms with Crippen molar-refractivity contribution >= 4 is 27.5 Å². The Balaban J connectivity index is 2.19. The summed E-state index contributed by atoms with van der Waals surface area (Å²) >= 11 is 5.86. The monoisotopic (exact) mass is 368 g/mol. The second-order valence-corrected chi connectivity index (χ2v) is 7.27. The van der Waals surface area contributed by atoms with Crippen molar-refractivity contribution in [2.75, 3.05) is 7.11 Å². The number of nitrogens with one attached hydrogen (secondary N) is 2. The lowest BCUT2D eigenvalue weighted by molar-refractivity contribution is 0.0942. The lowest BCUT2D eigenvalue weighted by Crippen LogP contribution is -2.41. The van der Waals surface area contributed by atoms with E-state index < -0.39 is 15.9 Å². The molecule has 0 aromatic heterocycles. The molecule has 0 fully saturated rings. The molecule has 1 amide bonds. The number of amides is 1. The van der Waals surface area contributed by atoms with E-state index in [1.807, 2.05) is 13.8 Å². The SMILES string of the molecule is COc1ccc(Cl)cc1C(=O)NNS(=O)(=O)c1ccc(C)c(C)c1. The summed E-state index contributed by atoms with van der Waals surface area (Å²) in [4.78, 5) is 14.3. The van der Waals surface area contributed by atoms with Gasteiger partial charge in [0.05, 0.1) is 17.6 Å². The van der Waals surface area contributed by atoms with Crippen LogP contribution >= 0.6 is 11.6 Å². The Morgan fingerprint density at radius 3 is 2.42 bits per heavy atom. The number of hydrogen-bond donors (Lipinski definition) is 2. The molecule has 0 aliphatic carbocycles. The predicted octanol–water partition coefficient (Wildman–Crippen LogP) is 2.59. The van der Waals surface area contributed by atoms with E-state index in [1.54, 1.807) is 12.1 Å². The molecular formula is C16H17ClN2O4S. The van der Waals surface area contributed by atoms with Crippen LogP contribution in [0, 0.1) is 13.8 Å². The van der Waals surface area contributed by atoms with Gasteiger partial charge in [-0.15, -0.1) is 4.83 Å². The van der Waals surface area contributed by atoms with Crippen LogP contribution in [-0.2, 0) is 10.0 Å². The van der Waals surface area contributed by atoms with Gasteiger partial charge in [0.15, 0.2) is 0 Å². The Labute approximate surface area is 145 Å². The van der Waals surface area contributed by atoms with Gasteiger partial charge in [-0.3, -0.25) is 10.2 Å². The molecule has 24 heavy (non-hydrogen) atoms. The first-order valence-electron chi connectivity index (χ1n) is 6.97. The lowest BCUT2D eigenvalue weighted by atomic mass is 10.1. The third kappa shape index (κ3) is 4.05. The predicted molar refractivity (Wildman–Crippen MR) is 91.7 cm³/mol. The molecule has 0 aliphatic rings. The van der Waals surface area contributed by atoms with E-state index in [0.717, 1.165) is 11.1 Å². The molecule has 0 radical (unpaired) electrons. The minimum Gasteiger partial charge on any atom is -0.496 e. The standard InChI is InChI=1S/C16H17ClN2O4S/c1-10-4-6-13(8-11(10)2)24(21,22)19-18-16(20)14-9-12(17)5-7-15(14)23-3/h4-9,19H,1-3H3,(H,18,20). The Kier molecular flexibility index (Phi) is 5.48. The Morgan fingerprint density at radius 2 is 1.79 bits per heavy atom. The van der Waals surface area contributed by atoms with Crippen molar-refractivity contribution in [1.82, 2.24) is 10.3 Å². The van der Waals surface area contributed by atoms with Crippen LogP contribution in [0.5, 0.6) is 5.75 Å². The highest BCUT2D eigenvalue weighted by Crippen LogP contribution is 2.22. The number of aryl methyl sites for hydroxylation is 2. The second-order valence-electron chi connectivity index (χ2n) is 5.15. The largest absolute Gasteiger partial charge is 0.496 e. The molecule has 2 N–H and O–H groups in total. The maximum Gasteiger partial charge on any atom is 0.270 e. The maximum atomic E-state index is 12.3. The van der Waals surface area contributed by atoms with Gasteiger partial charge in [-0.1, -0.05) is 17.7 Å². The molecule has 0 saturated heterocycles. The molecular weight excluding hydrogens is 352 g/mol. The third-order valence-corrected chi connectivity index (χ3v) is 4.97. The summed E-state index contributed by atoms with van der Waals surface area (Å²) in [5.74, 6) is -0.399. The summed E-state index contributed by atoms with van der Waals surface area (Å²) in [6.45, 7) is 3.69. The van der Waals surface area contributed by atoms with Gasteiger partial charge in [-0.05, 0) is 55.3 Å². The van der Waals surface area contributed by atoms with Crippen molar-refractivity contribution in [2.45, 2.75) is 18.7 Å². The first-order valence-corrected chi connectivity index (χ1v) is 8.83. The summed E-state index contributed by atoms with van der Waals surface area (Å²) in [7, 11) is -2.49. The Morgan fingerprint density at radius 1 is 1.08 bits per heavy atom. The molecule has 0 atom stereocenters. The molecule has 128 valence electrons. The van der Waals surface area contributed by atoms with E-state index in [-0.39, 0.29) is 16.2 Å². The molecule has 0 heterocycles. The highest BCUT2D eigenvalue weighted by Gasteiger charge is 2.18. The van der Waals surface area contributed by atoms with E-state index in [0.29, 0.717) is 5.02 Å². The molecule has 2 aromatic rings. The van der Waals surface area contributed by atoms with E-state index >= 15 is 0 Å². The number of hydrazine groups is 1. The van der Waals surface area contributed by atoms with Crippen LogP contribution < -0.4 is 15.0 Å². The van der Waals surface area contributed by atoms with Crippen LogP contribution in [0.25, 0.3) is 0 Å². The number of halogens is 1. The van der Waals surface area contributed by atoms with Gasteiger partial charge in [0.2, 0.25) is 0 Å². The number of hydrogen-bond acceptors (Lipinski definition) is 4. The number of methoxy groups -OCH3 is 1. The van der Waals surface area contributed by atoms with Crippen LogP contribution in [0.1, 0.15) is 21.5 Å². The fraction of sp³-hybridized carbons (Fsp3) is 0.188. The van der Waals surface area contributed by atoms with Gasteiger partial charge < -0.3 is 4.74 Å². The van der Waals surface area contributed by atoms with E-state index in [4.69, 9.17) is 16.3 Å². The average molecular weight is 369 g/mol. The molecule has 0 saturated carbocycles. The number of sulfonamides is 1. The summed E-state index contributed by atoms with van der Waals surface area (Å²) in [5.41, 5.74) is 4.08. The Hall–Kier alpha value is -2.09. The number of benzene rings is 2. The maximum absolute atomic E-state index is 12.3. The van der Waals surface area contributed by atoms with E-state index in [2.05, 4.69) is 10.3 Å². The van der Waals surface area contributed by atoms with Crippen molar-refractivity contribution in [3.05, 3.63) is 58.1 Å². The van der Waals surface area contributed by atoms with Crippen molar-refractivity contribution in [3.8, 4) is 5.75 Å². The van der Waals surface area contributed by atoms with Gasteiger partial charge >= 0.3 is 0 Å². The zero-order valence-electron chi connectivity index (χ0n) is 13.4. The third-order valence-electron chi connectivity index (χ3n) is 3.49. The fourth-order valence-electron chi connectivity index (χ4n) is 1.98. The number of carbonyl (C=O) groups is 1. The lowest BCUT2D eigenvalue weighted by Gasteiger charge is -2.12. The highest BCUT2D eigenvalue weighted by molar-refractivity contribution is 7.89. The van der Waals surface area contributed by atoms with Gasteiger partial charge in [0.25, 0.3) is 15.9 Å². The van der Waals surface area contributed by atoms with E-state index in [9.17, 15) is 13.2 Å². The van der Waals surface area contributed by atoms with Gasteiger partial charge in [0.1, 0.15) is 5.75 Å². The number of rotatable bonds is 5. The molecule has 0 unspecified atom stereocenters. The molecule has 0 bridgehead atoms. The molecule has 2 rings (SSSR count). The molecule has 0 aliphatic heterocycles. The van der Waals surface area contributed by atoms with Crippen LogP contribution in [0.2, 0.25) is 5.02 Å². The topological polar surface area (TPSA) is 84.5 Å². The number of carbonyl (C=O) groups excluding carboxylic acids is 1. The minimum atomic E-state index is -3.89. The van der Waals surface area contributed by atoms with Crippen molar-refractivity contribution in [3.63, 3.8) is 0 Å². The van der Waals surface area contributed by atoms with Crippen LogP contribution in [-0.4, -0.2) is 21.4 Å². The summed E-state index contributed by atoms with van der Waals surface area (Å²) in [6, 6.07) is 9.18. The second kappa shape index (κ2) is 7.21. The first kappa shape index (κ1) is 18.3. The first-order chi connectivity index (χ1) is 11.2. The quantitative estimate of drug-likeness (QED) is 0.794. The van der Waals surface area contributed by atoms with Crippen molar-refractivity contribution < 1.29 is 17.9 Å². The molecule has 6 nitrogen and oxygen atoms in total.